The molecule has 0 saturated carbocycles. The summed E-state index contributed by atoms with van der Waals surface area (Å²) in [5, 5.41) is 14.7. The second-order valence-corrected chi connectivity index (χ2v) is 5.37. The van der Waals surface area contributed by atoms with Crippen LogP contribution in [0.1, 0.15) is 25.0 Å². The number of aromatic nitrogens is 1. The molecule has 1 saturated heterocycles. The monoisotopic (exact) mass is 269 g/mol. The Morgan fingerprint density at radius 2 is 2.28 bits per heavy atom. The quantitative estimate of drug-likeness (QED) is 0.788. The molecular weight excluding hydrogens is 250 g/mol. The molecule has 6 heteroatoms. The number of aryl methyl sites for hydroxylation is 1. The smallest absolute Gasteiger partial charge is 0.303 e. The first-order valence-electron chi connectivity index (χ1n) is 6.36. The van der Waals surface area contributed by atoms with Crippen molar-refractivity contribution in [1.29, 1.82) is 0 Å². The average molecular weight is 269 g/mol. The van der Waals surface area contributed by atoms with E-state index >= 15 is 0 Å². The predicted octanol–water partition coefficient (Wildman–Crippen LogP) is 1.67. The van der Waals surface area contributed by atoms with Gasteiger partial charge in [-0.1, -0.05) is 0 Å². The van der Waals surface area contributed by atoms with Crippen molar-refractivity contribution in [2.75, 3.05) is 31.5 Å². The molecule has 0 spiro atoms. The lowest BCUT2D eigenvalue weighted by atomic mass is 10.2. The van der Waals surface area contributed by atoms with Crippen LogP contribution in [0.5, 0.6) is 0 Å². The molecule has 2 N–H and O–H groups in total. The van der Waals surface area contributed by atoms with E-state index in [9.17, 15) is 4.79 Å². The van der Waals surface area contributed by atoms with E-state index in [2.05, 4.69) is 15.2 Å². The molecule has 1 aliphatic heterocycles. The first kappa shape index (κ1) is 13.3. The summed E-state index contributed by atoms with van der Waals surface area (Å²) in [7, 11) is 0. The largest absolute Gasteiger partial charge is 0.481 e. The van der Waals surface area contributed by atoms with Gasteiger partial charge in [0.05, 0.1) is 12.1 Å². The third-order valence-corrected chi connectivity index (χ3v) is 3.90. The van der Waals surface area contributed by atoms with Crippen molar-refractivity contribution in [2.45, 2.75) is 25.7 Å². The highest BCUT2D eigenvalue weighted by Gasteiger charge is 2.10. The number of carbonyl (C=O) groups is 1. The molecule has 1 aromatic rings. The molecule has 0 atom stereocenters. The van der Waals surface area contributed by atoms with E-state index in [1.807, 2.05) is 5.38 Å². The van der Waals surface area contributed by atoms with Gasteiger partial charge in [-0.3, -0.25) is 4.79 Å². The summed E-state index contributed by atoms with van der Waals surface area (Å²) < 4.78 is 0. The number of hydrogen-bond donors (Lipinski definition) is 2. The number of rotatable bonds is 7. The molecule has 1 aromatic heterocycles. The number of hydrogen-bond acceptors (Lipinski definition) is 5. The zero-order chi connectivity index (χ0) is 12.8. The fraction of sp³-hybridized carbons (Fsp3) is 0.667. The molecule has 0 unspecified atom stereocenters. The summed E-state index contributed by atoms with van der Waals surface area (Å²) in [4.78, 5) is 17.3. The molecule has 0 radical (unpaired) electrons. The van der Waals surface area contributed by atoms with Crippen molar-refractivity contribution in [1.82, 2.24) is 9.88 Å². The topological polar surface area (TPSA) is 65.5 Å². The predicted molar refractivity (Wildman–Crippen MR) is 72.2 cm³/mol. The van der Waals surface area contributed by atoms with Gasteiger partial charge in [0.2, 0.25) is 0 Å². The molecule has 0 aromatic carbocycles. The van der Waals surface area contributed by atoms with Crippen LogP contribution < -0.4 is 5.32 Å². The zero-order valence-corrected chi connectivity index (χ0v) is 11.2. The van der Waals surface area contributed by atoms with Crippen LogP contribution >= 0.6 is 11.3 Å². The molecule has 0 bridgehead atoms. The Labute approximate surface area is 111 Å². The highest BCUT2D eigenvalue weighted by Crippen LogP contribution is 2.16. The van der Waals surface area contributed by atoms with E-state index in [-0.39, 0.29) is 6.42 Å². The number of carboxylic acid groups (broad SMARTS) is 1. The van der Waals surface area contributed by atoms with Gasteiger partial charge >= 0.3 is 5.97 Å². The fourth-order valence-corrected chi connectivity index (χ4v) is 2.84. The fourth-order valence-electron chi connectivity index (χ4n) is 2.07. The van der Waals surface area contributed by atoms with Crippen molar-refractivity contribution >= 4 is 22.4 Å². The van der Waals surface area contributed by atoms with E-state index in [0.717, 1.165) is 23.9 Å². The van der Waals surface area contributed by atoms with Crippen LogP contribution in [0.2, 0.25) is 0 Å². The number of anilines is 1. The average Bonchev–Trinajstić information content (AvgIpc) is 2.97. The Balaban J connectivity index is 1.67. The van der Waals surface area contributed by atoms with Gasteiger partial charge in [-0.2, -0.15) is 0 Å². The van der Waals surface area contributed by atoms with E-state index in [1.54, 1.807) is 11.3 Å². The van der Waals surface area contributed by atoms with Gasteiger partial charge in [-0.05, 0) is 25.9 Å². The Hall–Kier alpha value is -1.14. The lowest BCUT2D eigenvalue weighted by molar-refractivity contribution is -0.136. The highest BCUT2D eigenvalue weighted by atomic mass is 32.1. The van der Waals surface area contributed by atoms with Gasteiger partial charge in [0.1, 0.15) is 0 Å². The van der Waals surface area contributed by atoms with Crippen molar-refractivity contribution in [2.24, 2.45) is 0 Å². The Bertz CT molecular complexity index is 388. The van der Waals surface area contributed by atoms with Gasteiger partial charge in [-0.15, -0.1) is 11.3 Å². The summed E-state index contributed by atoms with van der Waals surface area (Å²) >= 11 is 1.55. The number of aliphatic carboxylic acids is 1. The molecular formula is C12H19N3O2S. The zero-order valence-electron chi connectivity index (χ0n) is 10.4. The Morgan fingerprint density at radius 1 is 1.50 bits per heavy atom. The SMILES string of the molecule is O=C(O)CCc1csc(NCCN2CCCC2)n1. The number of carboxylic acids is 1. The second-order valence-electron chi connectivity index (χ2n) is 4.51. The molecule has 18 heavy (non-hydrogen) atoms. The summed E-state index contributed by atoms with van der Waals surface area (Å²) in [6, 6.07) is 0. The maximum Gasteiger partial charge on any atom is 0.303 e. The normalized spacial score (nSPS) is 16.0. The molecule has 2 rings (SSSR count). The minimum atomic E-state index is -0.772. The maximum atomic E-state index is 10.5. The van der Waals surface area contributed by atoms with Gasteiger partial charge in [0.25, 0.3) is 0 Å². The van der Waals surface area contributed by atoms with Crippen molar-refractivity contribution in [3.63, 3.8) is 0 Å². The number of likely N-dealkylation sites (tertiary alicyclic amines) is 1. The number of nitrogens with one attached hydrogen (secondary N) is 1. The van der Waals surface area contributed by atoms with Crippen LogP contribution in [0.3, 0.4) is 0 Å². The van der Waals surface area contributed by atoms with Crippen LogP contribution in [0.15, 0.2) is 5.38 Å². The summed E-state index contributed by atoms with van der Waals surface area (Å²) in [5.74, 6) is -0.772. The van der Waals surface area contributed by atoms with Crippen molar-refractivity contribution in [3.05, 3.63) is 11.1 Å². The highest BCUT2D eigenvalue weighted by molar-refractivity contribution is 7.13. The second kappa shape index (κ2) is 6.70. The van der Waals surface area contributed by atoms with Gasteiger partial charge in [0.15, 0.2) is 5.13 Å². The van der Waals surface area contributed by atoms with Crippen LogP contribution in [0.4, 0.5) is 5.13 Å². The molecule has 0 amide bonds. The van der Waals surface area contributed by atoms with Crippen LogP contribution in [-0.2, 0) is 11.2 Å². The van der Waals surface area contributed by atoms with Crippen molar-refractivity contribution < 1.29 is 9.90 Å². The van der Waals surface area contributed by atoms with Crippen molar-refractivity contribution in [3.8, 4) is 0 Å². The Morgan fingerprint density at radius 3 is 3.00 bits per heavy atom. The van der Waals surface area contributed by atoms with E-state index < -0.39 is 5.97 Å². The molecule has 0 aliphatic carbocycles. The number of nitrogens with zero attached hydrogens (tertiary/aromatic N) is 2. The lowest BCUT2D eigenvalue weighted by Gasteiger charge is -2.14. The standard InChI is InChI=1S/C12H19N3O2S/c16-11(17)4-3-10-9-18-12(14-10)13-5-8-15-6-1-2-7-15/h9H,1-8H2,(H,13,14)(H,16,17). The summed E-state index contributed by atoms with van der Waals surface area (Å²) in [6.45, 7) is 4.39. The third kappa shape index (κ3) is 4.27. The Kier molecular flexibility index (Phi) is 4.95. The number of thiazole rings is 1. The van der Waals surface area contributed by atoms with Crippen LogP contribution in [0.25, 0.3) is 0 Å². The maximum absolute atomic E-state index is 10.5. The summed E-state index contributed by atoms with van der Waals surface area (Å²) in [5.41, 5.74) is 0.867. The molecule has 1 aliphatic rings. The first-order valence-corrected chi connectivity index (χ1v) is 7.24. The molecule has 2 heterocycles. The molecule has 1 fully saturated rings. The molecule has 100 valence electrons. The summed E-state index contributed by atoms with van der Waals surface area (Å²) in [6.07, 6.45) is 3.30. The minimum Gasteiger partial charge on any atom is -0.481 e. The van der Waals surface area contributed by atoms with Crippen LogP contribution in [-0.4, -0.2) is 47.1 Å². The van der Waals surface area contributed by atoms with Crippen LogP contribution in [0, 0.1) is 0 Å². The van der Waals surface area contributed by atoms with Gasteiger partial charge in [0, 0.05) is 24.9 Å². The van der Waals surface area contributed by atoms with Gasteiger partial charge in [-0.25, -0.2) is 4.98 Å². The van der Waals surface area contributed by atoms with Gasteiger partial charge < -0.3 is 15.3 Å². The molecule has 5 nitrogen and oxygen atoms in total. The first-order chi connectivity index (χ1) is 8.74. The van der Waals surface area contributed by atoms with E-state index in [1.165, 1.54) is 25.9 Å². The minimum absolute atomic E-state index is 0.150. The lowest BCUT2D eigenvalue weighted by Crippen LogP contribution is -2.25. The van der Waals surface area contributed by atoms with E-state index in [4.69, 9.17) is 5.11 Å². The third-order valence-electron chi connectivity index (χ3n) is 3.05. The van der Waals surface area contributed by atoms with E-state index in [0.29, 0.717) is 6.42 Å².